The third kappa shape index (κ3) is 3.83. The van der Waals surface area contributed by atoms with E-state index in [1.165, 1.54) is 0 Å². The van der Waals surface area contributed by atoms with E-state index in [1.807, 2.05) is 18.4 Å². The van der Waals surface area contributed by atoms with E-state index in [1.54, 1.807) is 36.2 Å². The Morgan fingerprint density at radius 2 is 2.23 bits per heavy atom. The van der Waals surface area contributed by atoms with Gasteiger partial charge in [-0.15, -0.1) is 11.3 Å². The Morgan fingerprint density at radius 1 is 1.46 bits per heavy atom. The highest BCUT2D eigenvalue weighted by Crippen LogP contribution is 2.26. The highest BCUT2D eigenvalue weighted by molar-refractivity contribution is 7.10. The lowest BCUT2D eigenvalue weighted by atomic mass is 9.96. The van der Waals surface area contributed by atoms with Crippen LogP contribution in [0.2, 0.25) is 0 Å². The van der Waals surface area contributed by atoms with Crippen molar-refractivity contribution in [3.63, 3.8) is 0 Å². The number of amides is 2. The van der Waals surface area contributed by atoms with Crippen molar-refractivity contribution < 1.29 is 19.1 Å². The molecule has 2 amide bonds. The van der Waals surface area contributed by atoms with Crippen LogP contribution in [0, 0.1) is 13.8 Å². The summed E-state index contributed by atoms with van der Waals surface area (Å²) < 4.78 is 5.46. The molecule has 0 aliphatic carbocycles. The monoisotopic (exact) mass is 376 g/mol. The van der Waals surface area contributed by atoms with Crippen molar-refractivity contribution in [1.29, 1.82) is 0 Å². The number of thiophene rings is 1. The van der Waals surface area contributed by atoms with Gasteiger partial charge in [0.1, 0.15) is 17.1 Å². The summed E-state index contributed by atoms with van der Waals surface area (Å²) in [7, 11) is 0. The molecule has 3 heterocycles. The Bertz CT molecular complexity index is 821. The predicted molar refractivity (Wildman–Crippen MR) is 99.3 cm³/mol. The van der Waals surface area contributed by atoms with Crippen molar-refractivity contribution in [3.05, 3.63) is 45.0 Å². The summed E-state index contributed by atoms with van der Waals surface area (Å²) in [6, 6.07) is 3.60. The maximum Gasteiger partial charge on any atom is 0.255 e. The zero-order chi connectivity index (χ0) is 18.9. The highest BCUT2D eigenvalue weighted by Gasteiger charge is 2.29. The number of nitrogens with zero attached hydrogens (tertiary/aromatic N) is 1. The number of carbonyl (C=O) groups excluding carboxylic acids is 2. The molecular weight excluding hydrogens is 352 g/mol. The smallest absolute Gasteiger partial charge is 0.255 e. The molecule has 0 saturated heterocycles. The Balaban J connectivity index is 1.60. The summed E-state index contributed by atoms with van der Waals surface area (Å²) in [5, 5.41) is 15.3. The first-order valence-corrected chi connectivity index (χ1v) is 9.58. The molecule has 2 N–H and O–H groups in total. The topological polar surface area (TPSA) is 82.8 Å². The molecule has 0 bridgehead atoms. The fourth-order valence-electron chi connectivity index (χ4n) is 3.34. The van der Waals surface area contributed by atoms with Crippen molar-refractivity contribution >= 4 is 23.2 Å². The van der Waals surface area contributed by atoms with Gasteiger partial charge in [-0.05, 0) is 51.1 Å². The van der Waals surface area contributed by atoms with Gasteiger partial charge in [0.05, 0.1) is 18.7 Å². The predicted octanol–water partition coefficient (Wildman–Crippen LogP) is 2.37. The van der Waals surface area contributed by atoms with Gasteiger partial charge >= 0.3 is 0 Å². The quantitative estimate of drug-likeness (QED) is 0.839. The maximum absolute atomic E-state index is 12.6. The molecule has 0 aromatic carbocycles. The zero-order valence-electron chi connectivity index (χ0n) is 15.3. The third-order valence-electron chi connectivity index (χ3n) is 4.68. The molecule has 1 aliphatic rings. The second kappa shape index (κ2) is 7.25. The van der Waals surface area contributed by atoms with Crippen LogP contribution in [0.4, 0.5) is 0 Å². The van der Waals surface area contributed by atoms with E-state index in [0.717, 1.165) is 17.7 Å². The zero-order valence-corrected chi connectivity index (χ0v) is 16.1. The number of nitrogens with one attached hydrogen (secondary N) is 1. The molecule has 6 nitrogen and oxygen atoms in total. The average molecular weight is 376 g/mol. The number of carbonyl (C=O) groups is 2. The van der Waals surface area contributed by atoms with Crippen LogP contribution in [-0.4, -0.2) is 41.5 Å². The Labute approximate surface area is 156 Å². The minimum atomic E-state index is -1.24. The van der Waals surface area contributed by atoms with Crippen LogP contribution in [0.5, 0.6) is 0 Å². The summed E-state index contributed by atoms with van der Waals surface area (Å²) in [5.74, 6) is 0.970. The minimum Gasteiger partial charge on any atom is -0.466 e. The van der Waals surface area contributed by atoms with E-state index in [0.29, 0.717) is 29.2 Å². The van der Waals surface area contributed by atoms with Gasteiger partial charge in [0.15, 0.2) is 0 Å². The van der Waals surface area contributed by atoms with Crippen LogP contribution >= 0.6 is 11.3 Å². The normalized spacial score (nSPS) is 16.8. The lowest BCUT2D eigenvalue weighted by Crippen LogP contribution is -2.45. The van der Waals surface area contributed by atoms with Gasteiger partial charge in [0.25, 0.3) is 5.91 Å². The first-order valence-electron chi connectivity index (χ1n) is 8.70. The highest BCUT2D eigenvalue weighted by atomic mass is 32.1. The molecule has 1 aliphatic heterocycles. The van der Waals surface area contributed by atoms with E-state index < -0.39 is 5.60 Å². The Kier molecular flexibility index (Phi) is 5.20. The lowest BCUT2D eigenvalue weighted by molar-refractivity contribution is -0.123. The first kappa shape index (κ1) is 18.7. The molecule has 0 spiro atoms. The van der Waals surface area contributed by atoms with Crippen molar-refractivity contribution in [2.24, 2.45) is 0 Å². The molecule has 7 heteroatoms. The van der Waals surface area contributed by atoms with Crippen molar-refractivity contribution in [2.75, 3.05) is 19.6 Å². The Hall–Kier alpha value is -2.12. The number of fused-ring (bicyclic) bond motifs is 1. The fraction of sp³-hybridized carbons (Fsp3) is 0.474. The molecule has 140 valence electrons. The van der Waals surface area contributed by atoms with E-state index in [2.05, 4.69) is 5.32 Å². The van der Waals surface area contributed by atoms with E-state index in [4.69, 9.17) is 4.42 Å². The van der Waals surface area contributed by atoms with Gasteiger partial charge in [-0.3, -0.25) is 9.59 Å². The molecule has 3 rings (SSSR count). The summed E-state index contributed by atoms with van der Waals surface area (Å²) in [6.07, 6.45) is 1.71. The number of furan rings is 1. The second-order valence-electron chi connectivity index (χ2n) is 6.97. The number of aryl methyl sites for hydroxylation is 3. The fourth-order valence-corrected chi connectivity index (χ4v) is 4.25. The summed E-state index contributed by atoms with van der Waals surface area (Å²) in [6.45, 7) is 5.84. The third-order valence-corrected chi connectivity index (χ3v) is 5.66. The summed E-state index contributed by atoms with van der Waals surface area (Å²) in [5.41, 5.74) is 0.127. The number of hydrogen-bond donors (Lipinski definition) is 2. The number of rotatable bonds is 5. The van der Waals surface area contributed by atoms with Gasteiger partial charge in [-0.25, -0.2) is 0 Å². The molecule has 0 unspecified atom stereocenters. The largest absolute Gasteiger partial charge is 0.466 e. The first-order chi connectivity index (χ1) is 12.3. The molecular formula is C19H24N2O4S. The molecule has 0 saturated carbocycles. The molecule has 1 atom stereocenters. The summed E-state index contributed by atoms with van der Waals surface area (Å²) in [4.78, 5) is 27.6. The standard InChI is InChI=1S/C19H24N2O4S/c1-12-9-15(13(2)25-12)19(3,24)11-20-17(22)10-21-7-4-5-16-14(18(21)23)6-8-26-16/h6,8-9,24H,4-5,7,10-11H2,1-3H3,(H,20,22)/t19-/m1/s1. The van der Waals surface area contributed by atoms with Gasteiger partial charge in [0.2, 0.25) is 5.91 Å². The van der Waals surface area contributed by atoms with Crippen molar-refractivity contribution in [2.45, 2.75) is 39.2 Å². The van der Waals surface area contributed by atoms with Gasteiger partial charge in [-0.1, -0.05) is 0 Å². The second-order valence-corrected chi connectivity index (χ2v) is 7.97. The number of hydrogen-bond acceptors (Lipinski definition) is 5. The SMILES string of the molecule is Cc1cc([C@](C)(O)CNC(=O)CN2CCCc3sccc3C2=O)c(C)o1. The van der Waals surface area contributed by atoms with Crippen LogP contribution in [0.15, 0.2) is 21.9 Å². The van der Waals surface area contributed by atoms with Crippen molar-refractivity contribution in [1.82, 2.24) is 10.2 Å². The lowest BCUT2D eigenvalue weighted by Gasteiger charge is -2.25. The molecule has 0 radical (unpaired) electrons. The van der Waals surface area contributed by atoms with Crippen LogP contribution < -0.4 is 5.32 Å². The van der Waals surface area contributed by atoms with E-state index in [-0.39, 0.29) is 24.9 Å². The van der Waals surface area contributed by atoms with E-state index >= 15 is 0 Å². The van der Waals surface area contributed by atoms with Crippen molar-refractivity contribution in [3.8, 4) is 0 Å². The van der Waals surface area contributed by atoms with Gasteiger partial charge in [0, 0.05) is 17.0 Å². The molecule has 2 aromatic heterocycles. The van der Waals surface area contributed by atoms with Crippen LogP contribution in [0.3, 0.4) is 0 Å². The van der Waals surface area contributed by atoms with Gasteiger partial charge < -0.3 is 19.7 Å². The van der Waals surface area contributed by atoms with Crippen LogP contribution in [0.1, 0.15) is 45.7 Å². The van der Waals surface area contributed by atoms with Crippen LogP contribution in [0.25, 0.3) is 0 Å². The Morgan fingerprint density at radius 3 is 2.92 bits per heavy atom. The molecule has 2 aromatic rings. The van der Waals surface area contributed by atoms with Crippen LogP contribution in [-0.2, 0) is 16.8 Å². The van der Waals surface area contributed by atoms with Gasteiger partial charge in [-0.2, -0.15) is 0 Å². The number of aliphatic hydroxyl groups is 1. The molecule has 26 heavy (non-hydrogen) atoms. The minimum absolute atomic E-state index is 0.00635. The average Bonchev–Trinajstić information content (AvgIpc) is 3.14. The summed E-state index contributed by atoms with van der Waals surface area (Å²) >= 11 is 1.59. The maximum atomic E-state index is 12.6. The van der Waals surface area contributed by atoms with E-state index in [9.17, 15) is 14.7 Å². The molecule has 0 fully saturated rings.